The van der Waals surface area contributed by atoms with Gasteiger partial charge in [0.25, 0.3) is 0 Å². The molecule has 1 amide bonds. The minimum atomic E-state index is 0.0379. The zero-order valence-corrected chi connectivity index (χ0v) is 11.3. The van der Waals surface area contributed by atoms with Crippen molar-refractivity contribution in [3.63, 3.8) is 0 Å². The number of carbonyl (C=O) groups is 1. The van der Waals surface area contributed by atoms with Crippen LogP contribution in [0.2, 0.25) is 0 Å². The van der Waals surface area contributed by atoms with Crippen LogP contribution in [0.3, 0.4) is 0 Å². The van der Waals surface area contributed by atoms with E-state index in [1.807, 2.05) is 18.2 Å². The third kappa shape index (κ3) is 3.95. The van der Waals surface area contributed by atoms with Crippen molar-refractivity contribution in [3.8, 4) is 0 Å². The minimum Gasteiger partial charge on any atom is -0.397 e. The van der Waals surface area contributed by atoms with Crippen LogP contribution in [0.15, 0.2) is 24.3 Å². The van der Waals surface area contributed by atoms with Crippen LogP contribution in [-0.2, 0) is 4.79 Å². The van der Waals surface area contributed by atoms with E-state index in [9.17, 15) is 4.79 Å². The first-order valence-corrected chi connectivity index (χ1v) is 7.63. The Balaban J connectivity index is 1.70. The molecular formula is C14H20N2OS. The predicted molar refractivity (Wildman–Crippen MR) is 78.8 cm³/mol. The molecule has 3 nitrogen and oxygen atoms in total. The highest BCUT2D eigenvalue weighted by Crippen LogP contribution is 2.27. The number of nitrogens with one attached hydrogen (secondary N) is 1. The van der Waals surface area contributed by atoms with Crippen LogP contribution >= 0.6 is 11.8 Å². The van der Waals surface area contributed by atoms with E-state index in [1.165, 1.54) is 25.7 Å². The summed E-state index contributed by atoms with van der Waals surface area (Å²) < 4.78 is 0. The van der Waals surface area contributed by atoms with E-state index in [-0.39, 0.29) is 5.91 Å². The average Bonchev–Trinajstić information content (AvgIpc) is 2.85. The third-order valence-electron chi connectivity index (χ3n) is 3.30. The molecular weight excluding hydrogens is 244 g/mol. The van der Waals surface area contributed by atoms with Gasteiger partial charge in [-0.25, -0.2) is 0 Å². The summed E-state index contributed by atoms with van der Waals surface area (Å²) in [4.78, 5) is 11.8. The van der Waals surface area contributed by atoms with Crippen LogP contribution in [0.5, 0.6) is 0 Å². The van der Waals surface area contributed by atoms with E-state index in [1.54, 1.807) is 17.8 Å². The molecule has 2 rings (SSSR count). The number of nitrogen functional groups attached to an aromatic ring is 1. The highest BCUT2D eigenvalue weighted by atomic mass is 32.2. The fraction of sp³-hybridized carbons (Fsp3) is 0.500. The van der Waals surface area contributed by atoms with Gasteiger partial charge in [-0.05, 0) is 36.6 Å². The van der Waals surface area contributed by atoms with E-state index < -0.39 is 0 Å². The molecule has 1 aromatic rings. The van der Waals surface area contributed by atoms with Crippen molar-refractivity contribution in [1.29, 1.82) is 0 Å². The molecule has 0 bridgehead atoms. The lowest BCUT2D eigenvalue weighted by Gasteiger charge is -2.09. The van der Waals surface area contributed by atoms with E-state index in [0.29, 0.717) is 17.1 Å². The van der Waals surface area contributed by atoms with Gasteiger partial charge >= 0.3 is 0 Å². The molecule has 0 atom stereocenters. The molecule has 0 spiro atoms. The molecule has 0 aliphatic heterocycles. The quantitative estimate of drug-likeness (QED) is 0.803. The second-order valence-electron chi connectivity index (χ2n) is 4.80. The second-order valence-corrected chi connectivity index (χ2v) is 5.83. The molecule has 1 fully saturated rings. The van der Waals surface area contributed by atoms with E-state index in [2.05, 4.69) is 5.32 Å². The molecule has 0 radical (unpaired) electrons. The SMILES string of the molecule is Nc1ccccc1NC(=O)CSCC1CCCC1. The number of para-hydroxylation sites is 2. The summed E-state index contributed by atoms with van der Waals surface area (Å²) in [5.41, 5.74) is 7.10. The van der Waals surface area contributed by atoms with Crippen LogP contribution in [0.4, 0.5) is 11.4 Å². The van der Waals surface area contributed by atoms with Gasteiger partial charge < -0.3 is 11.1 Å². The second kappa shape index (κ2) is 6.69. The van der Waals surface area contributed by atoms with Crippen molar-refractivity contribution in [2.24, 2.45) is 5.92 Å². The fourth-order valence-corrected chi connectivity index (χ4v) is 3.33. The van der Waals surface area contributed by atoms with Crippen molar-refractivity contribution in [3.05, 3.63) is 24.3 Å². The number of thioether (sulfide) groups is 1. The van der Waals surface area contributed by atoms with Gasteiger partial charge in [0.05, 0.1) is 17.1 Å². The monoisotopic (exact) mass is 264 g/mol. The molecule has 1 aliphatic carbocycles. The lowest BCUT2D eigenvalue weighted by atomic mass is 10.1. The van der Waals surface area contributed by atoms with Crippen LogP contribution in [0, 0.1) is 5.92 Å². The number of anilines is 2. The Morgan fingerprint density at radius 2 is 2.06 bits per heavy atom. The Morgan fingerprint density at radius 1 is 1.33 bits per heavy atom. The standard InChI is InChI=1S/C14H20N2OS/c15-12-7-3-4-8-13(12)16-14(17)10-18-9-11-5-1-2-6-11/h3-4,7-8,11H,1-2,5-6,9-10,15H2,(H,16,17). The number of hydrogen-bond acceptors (Lipinski definition) is 3. The topological polar surface area (TPSA) is 55.1 Å². The molecule has 1 saturated carbocycles. The van der Waals surface area contributed by atoms with Crippen molar-refractivity contribution >= 4 is 29.0 Å². The maximum absolute atomic E-state index is 11.8. The molecule has 0 aromatic heterocycles. The first-order chi connectivity index (χ1) is 8.75. The van der Waals surface area contributed by atoms with Crippen molar-refractivity contribution < 1.29 is 4.79 Å². The molecule has 4 heteroatoms. The molecule has 0 heterocycles. The van der Waals surface area contributed by atoms with Gasteiger partial charge in [-0.15, -0.1) is 0 Å². The molecule has 98 valence electrons. The van der Waals surface area contributed by atoms with E-state index in [4.69, 9.17) is 5.73 Å². The Morgan fingerprint density at radius 3 is 2.78 bits per heavy atom. The van der Waals surface area contributed by atoms with Gasteiger partial charge in [0.1, 0.15) is 0 Å². The van der Waals surface area contributed by atoms with Gasteiger partial charge in [0.15, 0.2) is 0 Å². The van der Waals surface area contributed by atoms with Gasteiger partial charge in [-0.1, -0.05) is 25.0 Å². The van der Waals surface area contributed by atoms with Gasteiger partial charge in [0, 0.05) is 0 Å². The zero-order valence-electron chi connectivity index (χ0n) is 10.5. The average molecular weight is 264 g/mol. The summed E-state index contributed by atoms with van der Waals surface area (Å²) in [6.07, 6.45) is 5.39. The molecule has 1 aromatic carbocycles. The Labute approximate surface area is 113 Å². The van der Waals surface area contributed by atoms with Crippen LogP contribution in [0.25, 0.3) is 0 Å². The summed E-state index contributed by atoms with van der Waals surface area (Å²) in [6, 6.07) is 7.35. The van der Waals surface area contributed by atoms with E-state index >= 15 is 0 Å². The number of hydrogen-bond donors (Lipinski definition) is 2. The lowest BCUT2D eigenvalue weighted by molar-refractivity contribution is -0.113. The summed E-state index contributed by atoms with van der Waals surface area (Å²) in [7, 11) is 0. The predicted octanol–water partition coefficient (Wildman–Crippen LogP) is 3.13. The fourth-order valence-electron chi connectivity index (χ4n) is 2.29. The molecule has 3 N–H and O–H groups in total. The smallest absolute Gasteiger partial charge is 0.234 e. The minimum absolute atomic E-state index is 0.0379. The van der Waals surface area contributed by atoms with Crippen molar-refractivity contribution in [2.75, 3.05) is 22.6 Å². The molecule has 1 aliphatic rings. The number of amides is 1. The number of benzene rings is 1. The summed E-state index contributed by atoms with van der Waals surface area (Å²) in [5, 5.41) is 2.85. The Kier molecular flexibility index (Phi) is 4.93. The lowest BCUT2D eigenvalue weighted by Crippen LogP contribution is -2.16. The summed E-state index contributed by atoms with van der Waals surface area (Å²) in [5.74, 6) is 2.49. The highest BCUT2D eigenvalue weighted by Gasteiger charge is 2.15. The first-order valence-electron chi connectivity index (χ1n) is 6.48. The van der Waals surface area contributed by atoms with Crippen LogP contribution < -0.4 is 11.1 Å². The molecule has 0 unspecified atom stereocenters. The zero-order chi connectivity index (χ0) is 12.8. The maximum Gasteiger partial charge on any atom is 0.234 e. The first kappa shape index (κ1) is 13.3. The third-order valence-corrected chi connectivity index (χ3v) is 4.47. The number of rotatable bonds is 5. The highest BCUT2D eigenvalue weighted by molar-refractivity contribution is 7.99. The summed E-state index contributed by atoms with van der Waals surface area (Å²) >= 11 is 1.73. The number of carbonyl (C=O) groups excluding carboxylic acids is 1. The Bertz CT molecular complexity index is 403. The Hall–Kier alpha value is -1.16. The van der Waals surface area contributed by atoms with Gasteiger partial charge in [0.2, 0.25) is 5.91 Å². The maximum atomic E-state index is 11.8. The van der Waals surface area contributed by atoms with Gasteiger partial charge in [-0.2, -0.15) is 11.8 Å². The van der Waals surface area contributed by atoms with Gasteiger partial charge in [-0.3, -0.25) is 4.79 Å². The van der Waals surface area contributed by atoms with E-state index in [0.717, 1.165) is 11.7 Å². The normalized spacial score (nSPS) is 15.8. The van der Waals surface area contributed by atoms with Crippen molar-refractivity contribution in [1.82, 2.24) is 0 Å². The summed E-state index contributed by atoms with van der Waals surface area (Å²) in [6.45, 7) is 0. The number of nitrogens with two attached hydrogens (primary N) is 1. The molecule has 0 saturated heterocycles. The molecule has 18 heavy (non-hydrogen) atoms. The van der Waals surface area contributed by atoms with Crippen LogP contribution in [0.1, 0.15) is 25.7 Å². The largest absolute Gasteiger partial charge is 0.397 e. The van der Waals surface area contributed by atoms with Crippen LogP contribution in [-0.4, -0.2) is 17.4 Å². The van der Waals surface area contributed by atoms with Crippen molar-refractivity contribution in [2.45, 2.75) is 25.7 Å².